The molecule has 0 heterocycles. The summed E-state index contributed by atoms with van der Waals surface area (Å²) in [5.74, 6) is -3.10. The fourth-order valence-corrected chi connectivity index (χ4v) is 3.39. The molecular formula is C10H23O11PSi. The van der Waals surface area contributed by atoms with Crippen LogP contribution in [0.5, 0.6) is 0 Å². The van der Waals surface area contributed by atoms with Gasteiger partial charge in [0, 0.05) is 27.4 Å². The van der Waals surface area contributed by atoms with Gasteiger partial charge in [-0.2, -0.15) is 0 Å². The zero-order valence-electron chi connectivity index (χ0n) is 13.0. The summed E-state index contributed by atoms with van der Waals surface area (Å²) in [6, 6.07) is 0.458. The van der Waals surface area contributed by atoms with E-state index in [9.17, 15) is 9.59 Å². The van der Waals surface area contributed by atoms with Gasteiger partial charge < -0.3 is 38.2 Å². The number of carbonyl (C=O) groups is 2. The molecule has 0 radical (unpaired) electrons. The van der Waals surface area contributed by atoms with Crippen molar-refractivity contribution in [3.8, 4) is 0 Å². The smallest absolute Gasteiger partial charge is 0.481 e. The lowest BCUT2D eigenvalue weighted by molar-refractivity contribution is -0.148. The second kappa shape index (κ2) is 11.6. The molecule has 0 spiro atoms. The summed E-state index contributed by atoms with van der Waals surface area (Å²) in [4.78, 5) is 42.9. The maximum atomic E-state index is 10.9. The second-order valence-corrected chi connectivity index (χ2v) is 8.45. The average Bonchev–Trinajstić information content (AvgIpc) is 2.40. The molecule has 0 saturated heterocycles. The van der Waals surface area contributed by atoms with Crippen molar-refractivity contribution < 1.29 is 52.3 Å². The predicted molar refractivity (Wildman–Crippen MR) is 78.5 cm³/mol. The Morgan fingerprint density at radius 3 is 1.70 bits per heavy atom. The van der Waals surface area contributed by atoms with Gasteiger partial charge >= 0.3 is 28.6 Å². The molecule has 0 bridgehead atoms. The monoisotopic (exact) mass is 378 g/mol. The fourth-order valence-electron chi connectivity index (χ4n) is 1.64. The topological polar surface area (TPSA) is 180 Å². The maximum Gasteiger partial charge on any atom is 0.500 e. The first-order chi connectivity index (χ1) is 10.4. The molecule has 138 valence electrons. The van der Waals surface area contributed by atoms with E-state index in [-0.39, 0.29) is 12.8 Å². The Balaban J connectivity index is 0. The van der Waals surface area contributed by atoms with Crippen LogP contribution in [0.15, 0.2) is 0 Å². The van der Waals surface area contributed by atoms with Gasteiger partial charge in [0.15, 0.2) is 0 Å². The lowest BCUT2D eigenvalue weighted by Gasteiger charge is -2.24. The average molecular weight is 378 g/mol. The van der Waals surface area contributed by atoms with E-state index in [1.807, 2.05) is 0 Å². The Hall–Kier alpha value is -0.853. The molecule has 0 aliphatic carbocycles. The van der Waals surface area contributed by atoms with Gasteiger partial charge in [0.1, 0.15) is 0 Å². The molecule has 1 unspecified atom stereocenters. The van der Waals surface area contributed by atoms with Crippen molar-refractivity contribution in [3.05, 3.63) is 0 Å². The lowest BCUT2D eigenvalue weighted by Crippen LogP contribution is -2.42. The highest BCUT2D eigenvalue weighted by molar-refractivity contribution is 7.45. The van der Waals surface area contributed by atoms with E-state index >= 15 is 0 Å². The first-order valence-electron chi connectivity index (χ1n) is 6.29. The van der Waals surface area contributed by atoms with Crippen molar-refractivity contribution in [3.63, 3.8) is 0 Å². The minimum Gasteiger partial charge on any atom is -0.481 e. The van der Waals surface area contributed by atoms with Crippen LogP contribution in [0.4, 0.5) is 0 Å². The van der Waals surface area contributed by atoms with E-state index in [2.05, 4.69) is 0 Å². The number of rotatable bonds is 10. The van der Waals surface area contributed by atoms with E-state index in [0.717, 1.165) is 0 Å². The first-order valence-corrected chi connectivity index (χ1v) is 9.78. The van der Waals surface area contributed by atoms with E-state index in [4.69, 9.17) is 42.7 Å². The van der Waals surface area contributed by atoms with Gasteiger partial charge in [-0.15, -0.1) is 0 Å². The van der Waals surface area contributed by atoms with Crippen molar-refractivity contribution in [2.24, 2.45) is 5.92 Å². The van der Waals surface area contributed by atoms with Gasteiger partial charge in [-0.3, -0.25) is 9.59 Å². The number of hydrogen-bond acceptors (Lipinski definition) is 6. The van der Waals surface area contributed by atoms with Crippen LogP contribution in [-0.4, -0.2) is 67.0 Å². The molecule has 0 aromatic heterocycles. The van der Waals surface area contributed by atoms with Crippen LogP contribution < -0.4 is 0 Å². The normalized spacial score (nSPS) is 13.0. The second-order valence-electron chi connectivity index (χ2n) is 4.33. The molecule has 0 aliphatic heterocycles. The molecule has 0 aliphatic rings. The molecule has 0 saturated carbocycles. The summed E-state index contributed by atoms with van der Waals surface area (Å²) in [5, 5.41) is 17.5. The molecule has 0 rings (SSSR count). The Bertz CT molecular complexity index is 389. The number of carboxylic acid groups (broad SMARTS) is 2. The van der Waals surface area contributed by atoms with E-state index < -0.39 is 34.5 Å². The summed E-state index contributed by atoms with van der Waals surface area (Å²) >= 11 is 0. The third-order valence-corrected chi connectivity index (χ3v) is 5.57. The fraction of sp³-hybridized carbons (Fsp3) is 0.800. The summed E-state index contributed by atoms with van der Waals surface area (Å²) in [6.07, 6.45) is 0.356. The van der Waals surface area contributed by atoms with Gasteiger partial charge in [0.05, 0.1) is 12.3 Å². The van der Waals surface area contributed by atoms with E-state index in [0.29, 0.717) is 12.5 Å². The number of carboxylic acids is 2. The lowest BCUT2D eigenvalue weighted by atomic mass is 10.0. The molecule has 0 aromatic carbocycles. The van der Waals surface area contributed by atoms with Gasteiger partial charge in [-0.1, -0.05) is 0 Å². The molecule has 0 aromatic rings. The van der Waals surface area contributed by atoms with Crippen LogP contribution in [-0.2, 0) is 27.4 Å². The van der Waals surface area contributed by atoms with Crippen molar-refractivity contribution in [2.75, 3.05) is 21.3 Å². The summed E-state index contributed by atoms with van der Waals surface area (Å²) < 4.78 is 24.5. The third kappa shape index (κ3) is 14.5. The standard InChI is InChI=1S/C10H20O7Si.H3O4P/c1-15-18(16-2,17-3)6-4-5-8(10(13)14)7-9(11)12;1-5(2,3)4/h8H,4-7H2,1-3H3,(H,11,12)(H,13,14);(H3,1,2,3,4). The zero-order valence-corrected chi connectivity index (χ0v) is 14.9. The van der Waals surface area contributed by atoms with E-state index in [1.165, 1.54) is 21.3 Å². The van der Waals surface area contributed by atoms with Crippen molar-refractivity contribution in [1.82, 2.24) is 0 Å². The van der Waals surface area contributed by atoms with Crippen LogP contribution in [0.25, 0.3) is 0 Å². The number of hydrogen-bond donors (Lipinski definition) is 5. The quantitative estimate of drug-likeness (QED) is 0.253. The molecule has 11 nitrogen and oxygen atoms in total. The third-order valence-electron chi connectivity index (χ3n) is 2.74. The van der Waals surface area contributed by atoms with Crippen LogP contribution in [0.1, 0.15) is 19.3 Å². The number of phosphoric acid groups is 1. The molecule has 5 N–H and O–H groups in total. The largest absolute Gasteiger partial charge is 0.500 e. The molecule has 13 heteroatoms. The van der Waals surface area contributed by atoms with Gasteiger partial charge in [0.25, 0.3) is 0 Å². The summed E-state index contributed by atoms with van der Waals surface area (Å²) in [7, 11) is -2.91. The first kappa shape index (κ1) is 24.4. The Morgan fingerprint density at radius 1 is 1.04 bits per heavy atom. The molecular weight excluding hydrogens is 355 g/mol. The van der Waals surface area contributed by atoms with Crippen LogP contribution in [0, 0.1) is 5.92 Å². The highest BCUT2D eigenvalue weighted by Crippen LogP contribution is 2.25. The Labute approximate surface area is 134 Å². The highest BCUT2D eigenvalue weighted by atomic mass is 31.2. The van der Waals surface area contributed by atoms with Gasteiger partial charge in [-0.25, -0.2) is 4.57 Å². The van der Waals surface area contributed by atoms with Crippen molar-refractivity contribution in [1.29, 1.82) is 0 Å². The number of aliphatic carboxylic acids is 2. The van der Waals surface area contributed by atoms with Crippen molar-refractivity contribution >= 4 is 28.6 Å². The van der Waals surface area contributed by atoms with Crippen LogP contribution in [0.3, 0.4) is 0 Å². The highest BCUT2D eigenvalue weighted by Gasteiger charge is 2.37. The SMILES string of the molecule is CO[Si](CCCC(CC(=O)O)C(=O)O)(OC)OC.O=P(O)(O)O. The molecule has 1 atom stereocenters. The Morgan fingerprint density at radius 2 is 1.43 bits per heavy atom. The molecule has 0 amide bonds. The van der Waals surface area contributed by atoms with E-state index in [1.54, 1.807) is 0 Å². The molecule has 23 heavy (non-hydrogen) atoms. The van der Waals surface area contributed by atoms with Crippen LogP contribution >= 0.6 is 7.82 Å². The van der Waals surface area contributed by atoms with Crippen LogP contribution in [0.2, 0.25) is 6.04 Å². The summed E-state index contributed by atoms with van der Waals surface area (Å²) in [6.45, 7) is 0. The predicted octanol–water partition coefficient (Wildman–Crippen LogP) is -0.108. The molecule has 0 fully saturated rings. The Kier molecular flexibility index (Phi) is 12.4. The van der Waals surface area contributed by atoms with Crippen molar-refractivity contribution in [2.45, 2.75) is 25.3 Å². The summed E-state index contributed by atoms with van der Waals surface area (Å²) in [5.41, 5.74) is 0. The maximum absolute atomic E-state index is 10.9. The van der Waals surface area contributed by atoms with Gasteiger partial charge in [-0.05, 0) is 12.8 Å². The van der Waals surface area contributed by atoms with Gasteiger partial charge in [0.2, 0.25) is 0 Å². The minimum absolute atomic E-state index is 0.256. The zero-order chi connectivity index (χ0) is 18.7. The minimum atomic E-state index is -4.64.